The minimum Gasteiger partial charge on any atom is -0.326 e. The molecule has 1 heterocycles. The van der Waals surface area contributed by atoms with Crippen LogP contribution in [0.2, 0.25) is 0 Å². The smallest absolute Gasteiger partial charge is 0.241 e. The minimum absolute atomic E-state index is 0.0927. The largest absolute Gasteiger partial charge is 0.326 e. The Kier molecular flexibility index (Phi) is 6.34. The van der Waals surface area contributed by atoms with E-state index in [4.69, 9.17) is 0 Å². The molecular weight excluding hydrogens is 248 g/mol. The van der Waals surface area contributed by atoms with Gasteiger partial charge in [0.25, 0.3) is 0 Å². The van der Waals surface area contributed by atoms with Crippen LogP contribution < -0.4 is 5.32 Å². The summed E-state index contributed by atoms with van der Waals surface area (Å²) < 4.78 is 0. The Bertz CT molecular complexity index is 299. The van der Waals surface area contributed by atoms with Crippen molar-refractivity contribution < 1.29 is 4.79 Å². The summed E-state index contributed by atoms with van der Waals surface area (Å²) in [5, 5.41) is 3.58. The summed E-state index contributed by atoms with van der Waals surface area (Å²) in [6.45, 7) is 5.38. The first kappa shape index (κ1) is 15.8. The molecule has 1 saturated carbocycles. The molecule has 1 saturated heterocycles. The highest BCUT2D eigenvalue weighted by atomic mass is 16.2. The zero-order valence-electron chi connectivity index (χ0n) is 13.4. The molecule has 116 valence electrons. The number of carbonyl (C=O) groups excluding carboxylic acids is 1. The molecule has 1 aliphatic heterocycles. The normalized spacial score (nSPS) is 27.7. The number of hydrogen-bond acceptors (Lipinski definition) is 2. The predicted molar refractivity (Wildman–Crippen MR) is 83.4 cm³/mol. The number of hydrogen-bond donors (Lipinski definition) is 1. The Morgan fingerprint density at radius 3 is 2.50 bits per heavy atom. The van der Waals surface area contributed by atoms with Crippen LogP contribution in [-0.2, 0) is 4.79 Å². The minimum atomic E-state index is 0.0927. The van der Waals surface area contributed by atoms with Crippen LogP contribution in [-0.4, -0.2) is 29.6 Å². The summed E-state index contributed by atoms with van der Waals surface area (Å²) in [4.78, 5) is 14.7. The van der Waals surface area contributed by atoms with Gasteiger partial charge in [-0.05, 0) is 25.2 Å². The Labute approximate surface area is 124 Å². The van der Waals surface area contributed by atoms with Crippen molar-refractivity contribution in [3.8, 4) is 0 Å². The van der Waals surface area contributed by atoms with Gasteiger partial charge in [-0.2, -0.15) is 0 Å². The van der Waals surface area contributed by atoms with Gasteiger partial charge in [0.2, 0.25) is 5.91 Å². The van der Waals surface area contributed by atoms with Gasteiger partial charge in [-0.15, -0.1) is 0 Å². The molecule has 2 atom stereocenters. The fraction of sp³-hybridized carbons (Fsp3) is 0.941. The van der Waals surface area contributed by atoms with Gasteiger partial charge in [-0.1, -0.05) is 58.8 Å². The van der Waals surface area contributed by atoms with Crippen LogP contribution in [0.5, 0.6) is 0 Å². The number of unbranched alkanes of at least 4 members (excludes halogenated alkanes) is 1. The number of nitrogens with one attached hydrogen (secondary N) is 1. The maximum atomic E-state index is 12.6. The molecule has 1 aliphatic carbocycles. The lowest BCUT2D eigenvalue weighted by Crippen LogP contribution is -2.38. The lowest BCUT2D eigenvalue weighted by molar-refractivity contribution is -0.130. The average Bonchev–Trinajstić information content (AvgIpc) is 3.04. The lowest BCUT2D eigenvalue weighted by Gasteiger charge is -2.25. The summed E-state index contributed by atoms with van der Waals surface area (Å²) >= 11 is 0. The van der Waals surface area contributed by atoms with Crippen LogP contribution in [0, 0.1) is 5.92 Å². The van der Waals surface area contributed by atoms with Crippen LogP contribution in [0.1, 0.15) is 78.1 Å². The third-order valence-corrected chi connectivity index (χ3v) is 5.01. The summed E-state index contributed by atoms with van der Waals surface area (Å²) in [6.07, 6.45) is 12.7. The molecule has 2 rings (SSSR count). The van der Waals surface area contributed by atoms with Gasteiger partial charge in [0.05, 0.1) is 12.2 Å². The SMILES string of the molecule is CCCCC1NC(CCC)N(CCC2CCCC2)C1=O. The van der Waals surface area contributed by atoms with E-state index in [1.165, 1.54) is 38.5 Å². The molecule has 3 heteroatoms. The molecule has 2 aliphatic rings. The maximum absolute atomic E-state index is 12.6. The number of amides is 1. The molecule has 2 unspecified atom stereocenters. The quantitative estimate of drug-likeness (QED) is 0.735. The van der Waals surface area contributed by atoms with Gasteiger partial charge >= 0.3 is 0 Å². The molecule has 3 nitrogen and oxygen atoms in total. The van der Waals surface area contributed by atoms with Gasteiger partial charge in [0.1, 0.15) is 0 Å². The van der Waals surface area contributed by atoms with Crippen LogP contribution in [0.25, 0.3) is 0 Å². The van der Waals surface area contributed by atoms with E-state index in [1.807, 2.05) is 0 Å². The first-order chi connectivity index (χ1) is 9.76. The van der Waals surface area contributed by atoms with E-state index in [-0.39, 0.29) is 6.04 Å². The van der Waals surface area contributed by atoms with Crippen LogP contribution in [0.4, 0.5) is 0 Å². The van der Waals surface area contributed by atoms with Crippen molar-refractivity contribution in [2.24, 2.45) is 5.92 Å². The van der Waals surface area contributed by atoms with Gasteiger partial charge < -0.3 is 4.90 Å². The number of rotatable bonds is 8. The van der Waals surface area contributed by atoms with Crippen LogP contribution in [0.3, 0.4) is 0 Å². The monoisotopic (exact) mass is 280 g/mol. The summed E-state index contributed by atoms with van der Waals surface area (Å²) in [6, 6.07) is 0.0927. The Balaban J connectivity index is 1.86. The molecule has 0 aromatic heterocycles. The standard InChI is InChI=1S/C17H32N2O/c1-3-5-11-15-17(20)19(16(18-15)8-4-2)13-12-14-9-6-7-10-14/h14-16,18H,3-13H2,1-2H3. The number of nitrogens with zero attached hydrogens (tertiary/aromatic N) is 1. The van der Waals surface area contributed by atoms with E-state index in [0.717, 1.165) is 38.1 Å². The van der Waals surface area contributed by atoms with E-state index in [2.05, 4.69) is 24.1 Å². The molecule has 2 fully saturated rings. The fourth-order valence-electron chi connectivity index (χ4n) is 3.76. The highest BCUT2D eigenvalue weighted by Gasteiger charge is 2.37. The van der Waals surface area contributed by atoms with Crippen molar-refractivity contribution in [1.29, 1.82) is 0 Å². The van der Waals surface area contributed by atoms with Gasteiger partial charge in [-0.25, -0.2) is 0 Å². The van der Waals surface area contributed by atoms with Gasteiger partial charge in [-0.3, -0.25) is 10.1 Å². The van der Waals surface area contributed by atoms with E-state index < -0.39 is 0 Å². The zero-order chi connectivity index (χ0) is 14.4. The summed E-state index contributed by atoms with van der Waals surface area (Å²) in [5.41, 5.74) is 0. The fourth-order valence-corrected chi connectivity index (χ4v) is 3.76. The van der Waals surface area contributed by atoms with E-state index in [1.54, 1.807) is 0 Å². The first-order valence-electron chi connectivity index (χ1n) is 8.82. The molecule has 1 N–H and O–H groups in total. The van der Waals surface area contributed by atoms with E-state index in [9.17, 15) is 4.79 Å². The molecular formula is C17H32N2O. The van der Waals surface area contributed by atoms with Gasteiger partial charge in [0, 0.05) is 6.54 Å². The Morgan fingerprint density at radius 1 is 1.10 bits per heavy atom. The molecule has 0 aromatic carbocycles. The highest BCUT2D eigenvalue weighted by Crippen LogP contribution is 2.29. The Hall–Kier alpha value is -0.570. The van der Waals surface area contributed by atoms with Gasteiger partial charge in [0.15, 0.2) is 0 Å². The van der Waals surface area contributed by atoms with Crippen molar-refractivity contribution in [2.45, 2.75) is 90.3 Å². The Morgan fingerprint density at radius 2 is 1.85 bits per heavy atom. The molecule has 0 radical (unpaired) electrons. The van der Waals surface area contributed by atoms with Crippen LogP contribution in [0.15, 0.2) is 0 Å². The summed E-state index contributed by atoms with van der Waals surface area (Å²) in [5.74, 6) is 1.25. The topological polar surface area (TPSA) is 32.3 Å². The van der Waals surface area contributed by atoms with Crippen LogP contribution >= 0.6 is 0 Å². The molecule has 0 bridgehead atoms. The van der Waals surface area contributed by atoms with Crippen molar-refractivity contribution in [3.63, 3.8) is 0 Å². The molecule has 20 heavy (non-hydrogen) atoms. The van der Waals surface area contributed by atoms with Crippen molar-refractivity contribution in [3.05, 3.63) is 0 Å². The molecule has 0 aromatic rings. The third kappa shape index (κ3) is 3.97. The average molecular weight is 280 g/mol. The highest BCUT2D eigenvalue weighted by molar-refractivity contribution is 5.84. The van der Waals surface area contributed by atoms with Crippen molar-refractivity contribution in [1.82, 2.24) is 10.2 Å². The second kappa shape index (κ2) is 8.02. The second-order valence-corrected chi connectivity index (χ2v) is 6.64. The third-order valence-electron chi connectivity index (χ3n) is 5.01. The first-order valence-corrected chi connectivity index (χ1v) is 8.82. The lowest BCUT2D eigenvalue weighted by atomic mass is 10.0. The zero-order valence-corrected chi connectivity index (χ0v) is 13.4. The number of carbonyl (C=O) groups is 1. The van der Waals surface area contributed by atoms with E-state index >= 15 is 0 Å². The van der Waals surface area contributed by atoms with Crippen molar-refractivity contribution >= 4 is 5.91 Å². The molecule has 1 amide bonds. The predicted octanol–water partition coefficient (Wildman–Crippen LogP) is 3.68. The maximum Gasteiger partial charge on any atom is 0.241 e. The second-order valence-electron chi connectivity index (χ2n) is 6.64. The van der Waals surface area contributed by atoms with Crippen molar-refractivity contribution in [2.75, 3.05) is 6.54 Å². The van der Waals surface area contributed by atoms with E-state index in [0.29, 0.717) is 12.1 Å². The molecule has 0 spiro atoms. The summed E-state index contributed by atoms with van der Waals surface area (Å²) in [7, 11) is 0.